The average Bonchev–Trinajstić information content (AvgIpc) is 2.97. The molecule has 1 saturated carbocycles. The molecule has 2 aliphatic rings. The second-order valence-corrected chi connectivity index (χ2v) is 9.78. The van der Waals surface area contributed by atoms with Crippen LogP contribution < -0.4 is 10.3 Å². The molecule has 4 rings (SSSR count). The van der Waals surface area contributed by atoms with Crippen molar-refractivity contribution in [2.75, 3.05) is 5.01 Å². The number of amides is 1. The summed E-state index contributed by atoms with van der Waals surface area (Å²) >= 11 is 10.1. The summed E-state index contributed by atoms with van der Waals surface area (Å²) in [5.74, 6) is -0.0429. The summed E-state index contributed by atoms with van der Waals surface area (Å²) in [6.07, 6.45) is 7.82. The van der Waals surface area contributed by atoms with Crippen molar-refractivity contribution in [2.45, 2.75) is 64.0 Å². The number of anilines is 1. The van der Waals surface area contributed by atoms with E-state index in [1.807, 2.05) is 41.4 Å². The van der Waals surface area contributed by atoms with Crippen molar-refractivity contribution in [1.29, 1.82) is 0 Å². The number of hydrogen-bond acceptors (Lipinski definition) is 3. The Hall–Kier alpha value is -1.85. The van der Waals surface area contributed by atoms with Gasteiger partial charge in [-0.2, -0.15) is 5.10 Å². The molecule has 2 unspecified atom stereocenters. The van der Waals surface area contributed by atoms with E-state index in [-0.39, 0.29) is 23.9 Å². The predicted molar refractivity (Wildman–Crippen MR) is 132 cm³/mol. The summed E-state index contributed by atoms with van der Waals surface area (Å²) in [6, 6.07) is 16.2. The molecule has 1 fully saturated rings. The first-order valence-electron chi connectivity index (χ1n) is 11.3. The maximum Gasteiger partial charge on any atom is 0.268 e. The summed E-state index contributed by atoms with van der Waals surface area (Å²) in [4.78, 5) is 13.4. The van der Waals surface area contributed by atoms with E-state index in [0.717, 1.165) is 35.0 Å². The number of carbonyl (C=O) groups is 1. The van der Waals surface area contributed by atoms with E-state index < -0.39 is 0 Å². The van der Waals surface area contributed by atoms with E-state index in [1.54, 1.807) is 0 Å². The number of halogens is 2. The third kappa shape index (κ3) is 4.98. The summed E-state index contributed by atoms with van der Waals surface area (Å²) in [7, 11) is 0. The lowest BCUT2D eigenvalue weighted by Gasteiger charge is -2.28. The number of rotatable bonds is 5. The molecule has 0 spiro atoms. The molecule has 0 saturated heterocycles. The van der Waals surface area contributed by atoms with Gasteiger partial charge in [0.1, 0.15) is 5.71 Å². The van der Waals surface area contributed by atoms with Gasteiger partial charge in [0, 0.05) is 16.4 Å². The molecule has 0 bridgehead atoms. The normalized spacial score (nSPS) is 22.2. The van der Waals surface area contributed by atoms with Crippen molar-refractivity contribution >= 4 is 44.8 Å². The topological polar surface area (TPSA) is 44.7 Å². The number of nitrogens with one attached hydrogen (secondary N) is 1. The number of hydrazone groups is 1. The van der Waals surface area contributed by atoms with Crippen LogP contribution in [0.4, 0.5) is 5.69 Å². The fourth-order valence-corrected chi connectivity index (χ4v) is 5.25. The van der Waals surface area contributed by atoms with Gasteiger partial charge in [-0.1, -0.05) is 84.4 Å². The molecule has 1 amide bonds. The van der Waals surface area contributed by atoms with Crippen LogP contribution in [0, 0.1) is 5.92 Å². The van der Waals surface area contributed by atoms with Gasteiger partial charge < -0.3 is 5.32 Å². The maximum atomic E-state index is 13.4. The number of hydrogen-bond donors (Lipinski definition) is 1. The molecule has 0 aromatic heterocycles. The van der Waals surface area contributed by atoms with Gasteiger partial charge in [0.2, 0.25) is 0 Å². The first kappa shape index (κ1) is 22.3. The number of nitrogens with zero attached hydrogens (tertiary/aromatic N) is 2. The summed E-state index contributed by atoms with van der Waals surface area (Å²) in [5.41, 5.74) is 2.56. The van der Waals surface area contributed by atoms with E-state index in [9.17, 15) is 4.79 Å². The lowest BCUT2D eigenvalue weighted by Crippen LogP contribution is -2.41. The van der Waals surface area contributed by atoms with Crippen molar-refractivity contribution in [2.24, 2.45) is 11.0 Å². The Morgan fingerprint density at radius 2 is 1.77 bits per heavy atom. The van der Waals surface area contributed by atoms with Crippen molar-refractivity contribution in [3.63, 3.8) is 0 Å². The molecule has 1 aliphatic heterocycles. The lowest BCUT2D eigenvalue weighted by molar-refractivity contribution is -0.115. The average molecular weight is 503 g/mol. The Labute approximate surface area is 198 Å². The van der Waals surface area contributed by atoms with Gasteiger partial charge in [0.15, 0.2) is 0 Å². The minimum atomic E-state index is -0.0760. The molecular formula is C25H29BrClN3O. The van der Waals surface area contributed by atoms with E-state index >= 15 is 0 Å². The quantitative estimate of drug-likeness (QED) is 0.453. The van der Waals surface area contributed by atoms with Gasteiger partial charge in [0.25, 0.3) is 5.91 Å². The monoisotopic (exact) mass is 501 g/mol. The van der Waals surface area contributed by atoms with Gasteiger partial charge in [-0.3, -0.25) is 9.80 Å². The molecule has 2 atom stereocenters. The Morgan fingerprint density at radius 3 is 2.42 bits per heavy atom. The predicted octanol–water partition coefficient (Wildman–Crippen LogP) is 6.89. The largest absolute Gasteiger partial charge is 0.348 e. The smallest absolute Gasteiger partial charge is 0.268 e. The first-order valence-corrected chi connectivity index (χ1v) is 12.4. The Morgan fingerprint density at radius 1 is 1.10 bits per heavy atom. The van der Waals surface area contributed by atoms with Gasteiger partial charge in [-0.05, 0) is 49.1 Å². The van der Waals surface area contributed by atoms with E-state index in [4.69, 9.17) is 16.7 Å². The molecule has 2 aromatic carbocycles. The molecule has 1 heterocycles. The molecule has 31 heavy (non-hydrogen) atoms. The first-order chi connectivity index (χ1) is 15.1. The third-order valence-corrected chi connectivity index (χ3v) is 7.23. The summed E-state index contributed by atoms with van der Waals surface area (Å²) in [5, 5.41) is 10.8. The highest BCUT2D eigenvalue weighted by atomic mass is 79.9. The van der Waals surface area contributed by atoms with Crippen LogP contribution in [0.3, 0.4) is 0 Å². The SMILES string of the molecule is CCC1C(C(=O)NC2CCCCCC2)=NN(c2ccccc2Cl)C1c1ccc(Br)cc1. The van der Waals surface area contributed by atoms with Crippen LogP contribution in [0.15, 0.2) is 58.1 Å². The number of carbonyl (C=O) groups excluding carboxylic acids is 1. The van der Waals surface area contributed by atoms with Crippen molar-refractivity contribution in [1.82, 2.24) is 5.32 Å². The van der Waals surface area contributed by atoms with Crippen LogP contribution in [0.25, 0.3) is 0 Å². The zero-order chi connectivity index (χ0) is 21.8. The van der Waals surface area contributed by atoms with Crippen LogP contribution in [0.5, 0.6) is 0 Å². The Balaban J connectivity index is 1.68. The fraction of sp³-hybridized carbons (Fsp3) is 0.440. The molecule has 4 nitrogen and oxygen atoms in total. The highest BCUT2D eigenvalue weighted by Crippen LogP contribution is 2.43. The molecule has 2 aromatic rings. The maximum absolute atomic E-state index is 13.4. The van der Waals surface area contributed by atoms with Gasteiger partial charge in [-0.25, -0.2) is 0 Å². The van der Waals surface area contributed by atoms with E-state index in [2.05, 4.69) is 40.3 Å². The van der Waals surface area contributed by atoms with E-state index in [1.165, 1.54) is 25.7 Å². The van der Waals surface area contributed by atoms with Gasteiger partial charge >= 0.3 is 0 Å². The zero-order valence-corrected chi connectivity index (χ0v) is 20.2. The number of para-hydroxylation sites is 1. The van der Waals surface area contributed by atoms with Gasteiger partial charge in [0.05, 0.1) is 16.8 Å². The lowest BCUT2D eigenvalue weighted by atomic mass is 9.87. The second kappa shape index (κ2) is 10.2. The minimum absolute atomic E-state index is 0.0109. The third-order valence-electron chi connectivity index (χ3n) is 6.38. The van der Waals surface area contributed by atoms with Crippen LogP contribution in [0.2, 0.25) is 5.02 Å². The van der Waals surface area contributed by atoms with Crippen LogP contribution >= 0.6 is 27.5 Å². The molecule has 6 heteroatoms. The van der Waals surface area contributed by atoms with Crippen LogP contribution in [-0.2, 0) is 4.79 Å². The van der Waals surface area contributed by atoms with Crippen LogP contribution in [0.1, 0.15) is 63.5 Å². The molecule has 164 valence electrons. The molecule has 1 aliphatic carbocycles. The summed E-state index contributed by atoms with van der Waals surface area (Å²) in [6.45, 7) is 2.13. The Kier molecular flexibility index (Phi) is 7.34. The second-order valence-electron chi connectivity index (χ2n) is 8.45. The van der Waals surface area contributed by atoms with Crippen molar-refractivity contribution in [3.8, 4) is 0 Å². The standard InChI is InChI=1S/C25H29BrClN3O/c1-2-20-23(25(31)28-19-9-5-3-4-6-10-19)29-30(22-12-8-7-11-21(22)27)24(20)17-13-15-18(26)16-14-17/h7-8,11-16,19-20,24H,2-6,9-10H2,1H3,(H,28,31). The minimum Gasteiger partial charge on any atom is -0.348 e. The highest BCUT2D eigenvalue weighted by molar-refractivity contribution is 9.10. The molecular weight excluding hydrogens is 474 g/mol. The summed E-state index contributed by atoms with van der Waals surface area (Å²) < 4.78 is 1.03. The fourth-order valence-electron chi connectivity index (χ4n) is 4.76. The van der Waals surface area contributed by atoms with Crippen molar-refractivity contribution in [3.05, 3.63) is 63.6 Å². The van der Waals surface area contributed by atoms with Gasteiger partial charge in [-0.15, -0.1) is 0 Å². The molecule has 1 N–H and O–H groups in total. The number of benzene rings is 2. The highest BCUT2D eigenvalue weighted by Gasteiger charge is 2.41. The zero-order valence-electron chi connectivity index (χ0n) is 17.9. The van der Waals surface area contributed by atoms with Crippen molar-refractivity contribution < 1.29 is 4.79 Å². The van der Waals surface area contributed by atoms with Crippen LogP contribution in [-0.4, -0.2) is 17.7 Å². The molecule has 0 radical (unpaired) electrons. The van der Waals surface area contributed by atoms with E-state index in [0.29, 0.717) is 10.7 Å². The Bertz CT molecular complexity index is 938.